The van der Waals surface area contributed by atoms with Crippen molar-refractivity contribution in [2.24, 2.45) is 0 Å². The Morgan fingerprint density at radius 2 is 1.83 bits per heavy atom. The molecule has 0 saturated carbocycles. The minimum atomic E-state index is -0.953. The monoisotopic (exact) mass is 310 g/mol. The Labute approximate surface area is 134 Å². The number of carboxylic acids is 1. The number of anilines is 2. The van der Waals surface area contributed by atoms with E-state index < -0.39 is 5.97 Å². The van der Waals surface area contributed by atoms with Gasteiger partial charge in [-0.2, -0.15) is 0 Å². The first-order valence-electron chi connectivity index (χ1n) is 7.43. The van der Waals surface area contributed by atoms with E-state index in [1.165, 1.54) is 5.56 Å². The summed E-state index contributed by atoms with van der Waals surface area (Å²) in [6.45, 7) is 4.76. The number of aryl methyl sites for hydroxylation is 2. The van der Waals surface area contributed by atoms with E-state index in [2.05, 4.69) is 11.4 Å². The topological polar surface area (TPSA) is 69.6 Å². The van der Waals surface area contributed by atoms with Crippen molar-refractivity contribution in [2.45, 2.75) is 20.4 Å². The molecule has 5 heteroatoms. The third-order valence-electron chi connectivity index (χ3n) is 4.18. The van der Waals surface area contributed by atoms with Gasteiger partial charge in [-0.05, 0) is 54.8 Å². The van der Waals surface area contributed by atoms with Gasteiger partial charge in [0.1, 0.15) is 0 Å². The standard InChI is InChI=1S/C18H18N2O3/c1-11-7-15-16(8-12(11)2)20(17(21)9-19-15)10-13-3-5-14(6-4-13)18(22)23/h3-8,19H,9-10H2,1-2H3,(H,22,23). The van der Waals surface area contributed by atoms with Crippen molar-refractivity contribution >= 4 is 23.3 Å². The number of carbonyl (C=O) groups is 2. The van der Waals surface area contributed by atoms with Crippen LogP contribution in [0.2, 0.25) is 0 Å². The number of nitrogens with zero attached hydrogens (tertiary/aromatic N) is 1. The van der Waals surface area contributed by atoms with Crippen LogP contribution in [-0.2, 0) is 11.3 Å². The molecule has 1 heterocycles. The maximum atomic E-state index is 12.3. The molecule has 0 unspecified atom stereocenters. The number of carbonyl (C=O) groups excluding carboxylic acids is 1. The van der Waals surface area contributed by atoms with Crippen LogP contribution >= 0.6 is 0 Å². The van der Waals surface area contributed by atoms with Crippen molar-refractivity contribution in [3.05, 3.63) is 58.7 Å². The van der Waals surface area contributed by atoms with Crippen molar-refractivity contribution in [1.82, 2.24) is 0 Å². The fourth-order valence-corrected chi connectivity index (χ4v) is 2.68. The molecule has 0 aromatic heterocycles. The number of nitrogens with one attached hydrogen (secondary N) is 1. The van der Waals surface area contributed by atoms with Crippen LogP contribution in [-0.4, -0.2) is 23.5 Å². The van der Waals surface area contributed by atoms with E-state index in [0.717, 1.165) is 22.5 Å². The Hall–Kier alpha value is -2.82. The van der Waals surface area contributed by atoms with E-state index in [-0.39, 0.29) is 18.0 Å². The predicted molar refractivity (Wildman–Crippen MR) is 89.0 cm³/mol. The van der Waals surface area contributed by atoms with E-state index >= 15 is 0 Å². The predicted octanol–water partition coefficient (Wildman–Crippen LogP) is 2.96. The highest BCUT2D eigenvalue weighted by atomic mass is 16.4. The summed E-state index contributed by atoms with van der Waals surface area (Å²) < 4.78 is 0. The molecule has 0 aliphatic carbocycles. The molecule has 2 N–H and O–H groups in total. The van der Waals surface area contributed by atoms with E-state index in [1.54, 1.807) is 29.2 Å². The Morgan fingerprint density at radius 1 is 1.17 bits per heavy atom. The molecule has 1 aliphatic rings. The fourth-order valence-electron chi connectivity index (χ4n) is 2.68. The van der Waals surface area contributed by atoms with Crippen LogP contribution < -0.4 is 10.2 Å². The summed E-state index contributed by atoms with van der Waals surface area (Å²) in [5.74, 6) is -0.950. The number of carboxylic acid groups (broad SMARTS) is 1. The molecule has 0 bridgehead atoms. The molecule has 0 atom stereocenters. The molecule has 2 aromatic carbocycles. The smallest absolute Gasteiger partial charge is 0.335 e. The van der Waals surface area contributed by atoms with Crippen molar-refractivity contribution in [1.29, 1.82) is 0 Å². The lowest BCUT2D eigenvalue weighted by Crippen LogP contribution is -2.39. The van der Waals surface area contributed by atoms with Gasteiger partial charge in [-0.3, -0.25) is 4.79 Å². The van der Waals surface area contributed by atoms with Crippen LogP contribution in [0.25, 0.3) is 0 Å². The van der Waals surface area contributed by atoms with E-state index in [1.807, 2.05) is 19.9 Å². The van der Waals surface area contributed by atoms with Crippen molar-refractivity contribution in [3.63, 3.8) is 0 Å². The molecule has 118 valence electrons. The highest BCUT2D eigenvalue weighted by Gasteiger charge is 2.24. The number of benzene rings is 2. The van der Waals surface area contributed by atoms with Gasteiger partial charge in [-0.25, -0.2) is 4.79 Å². The lowest BCUT2D eigenvalue weighted by molar-refractivity contribution is -0.117. The van der Waals surface area contributed by atoms with E-state index in [0.29, 0.717) is 6.54 Å². The van der Waals surface area contributed by atoms with Crippen LogP contribution in [0.1, 0.15) is 27.0 Å². The summed E-state index contributed by atoms with van der Waals surface area (Å²) in [4.78, 5) is 25.0. The zero-order chi connectivity index (χ0) is 16.6. The van der Waals surface area contributed by atoms with Gasteiger partial charge >= 0.3 is 5.97 Å². The lowest BCUT2D eigenvalue weighted by atomic mass is 10.0. The number of fused-ring (bicyclic) bond motifs is 1. The summed E-state index contributed by atoms with van der Waals surface area (Å²) in [6.07, 6.45) is 0. The maximum Gasteiger partial charge on any atom is 0.335 e. The summed E-state index contributed by atoms with van der Waals surface area (Å²) in [5.41, 5.74) is 5.27. The zero-order valence-electron chi connectivity index (χ0n) is 13.1. The minimum Gasteiger partial charge on any atom is -0.478 e. The molecule has 1 aliphatic heterocycles. The number of hydrogen-bond acceptors (Lipinski definition) is 3. The molecular weight excluding hydrogens is 292 g/mol. The number of amides is 1. The molecule has 0 saturated heterocycles. The van der Waals surface area contributed by atoms with Crippen LogP contribution in [0, 0.1) is 13.8 Å². The van der Waals surface area contributed by atoms with Crippen molar-refractivity contribution < 1.29 is 14.7 Å². The van der Waals surface area contributed by atoms with E-state index in [4.69, 9.17) is 5.11 Å². The molecule has 2 aromatic rings. The molecule has 1 amide bonds. The first-order chi connectivity index (χ1) is 11.0. The summed E-state index contributed by atoms with van der Waals surface area (Å²) in [5, 5.41) is 12.1. The molecule has 0 fully saturated rings. The van der Waals surface area contributed by atoms with Gasteiger partial charge < -0.3 is 15.3 Å². The third kappa shape index (κ3) is 2.90. The van der Waals surface area contributed by atoms with Gasteiger partial charge in [0, 0.05) is 0 Å². The Kier molecular flexibility index (Phi) is 3.78. The highest BCUT2D eigenvalue weighted by Crippen LogP contribution is 2.33. The summed E-state index contributed by atoms with van der Waals surface area (Å²) in [7, 11) is 0. The van der Waals surface area contributed by atoms with Gasteiger partial charge in [0.2, 0.25) is 5.91 Å². The van der Waals surface area contributed by atoms with Gasteiger partial charge in [0.05, 0.1) is 30.0 Å². The molecule has 0 radical (unpaired) electrons. The molecular formula is C18H18N2O3. The minimum absolute atomic E-state index is 0.00284. The summed E-state index contributed by atoms with van der Waals surface area (Å²) >= 11 is 0. The average Bonchev–Trinajstić information content (AvgIpc) is 2.52. The third-order valence-corrected chi connectivity index (χ3v) is 4.18. The van der Waals surface area contributed by atoms with Gasteiger partial charge in [-0.15, -0.1) is 0 Å². The molecule has 5 nitrogen and oxygen atoms in total. The number of aromatic carboxylic acids is 1. The average molecular weight is 310 g/mol. The number of hydrogen-bond donors (Lipinski definition) is 2. The lowest BCUT2D eigenvalue weighted by Gasteiger charge is -2.31. The number of rotatable bonds is 3. The van der Waals surface area contributed by atoms with Gasteiger partial charge in [-0.1, -0.05) is 12.1 Å². The zero-order valence-corrected chi connectivity index (χ0v) is 13.1. The molecule has 3 rings (SSSR count). The first kappa shape index (κ1) is 15.1. The Bertz CT molecular complexity index is 782. The fraction of sp³-hybridized carbons (Fsp3) is 0.222. The Morgan fingerprint density at radius 3 is 2.48 bits per heavy atom. The Balaban J connectivity index is 1.92. The second-order valence-corrected chi connectivity index (χ2v) is 5.79. The van der Waals surface area contributed by atoms with E-state index in [9.17, 15) is 9.59 Å². The van der Waals surface area contributed by atoms with Gasteiger partial charge in [0.25, 0.3) is 0 Å². The van der Waals surface area contributed by atoms with Crippen LogP contribution in [0.4, 0.5) is 11.4 Å². The SMILES string of the molecule is Cc1cc2c(cc1C)N(Cc1ccc(C(=O)O)cc1)C(=O)CN2. The van der Waals surface area contributed by atoms with Gasteiger partial charge in [0.15, 0.2) is 0 Å². The van der Waals surface area contributed by atoms with Crippen molar-refractivity contribution in [3.8, 4) is 0 Å². The normalized spacial score (nSPS) is 13.5. The first-order valence-corrected chi connectivity index (χ1v) is 7.43. The largest absolute Gasteiger partial charge is 0.478 e. The highest BCUT2D eigenvalue weighted by molar-refractivity contribution is 6.02. The summed E-state index contributed by atoms with van der Waals surface area (Å²) in [6, 6.07) is 10.7. The van der Waals surface area contributed by atoms with Crippen molar-refractivity contribution in [2.75, 3.05) is 16.8 Å². The van der Waals surface area contributed by atoms with Crippen LogP contribution in [0.5, 0.6) is 0 Å². The second-order valence-electron chi connectivity index (χ2n) is 5.79. The second kappa shape index (κ2) is 5.76. The maximum absolute atomic E-state index is 12.3. The molecule has 23 heavy (non-hydrogen) atoms. The quantitative estimate of drug-likeness (QED) is 0.914. The van der Waals surface area contributed by atoms with Crippen LogP contribution in [0.3, 0.4) is 0 Å². The molecule has 0 spiro atoms. The van der Waals surface area contributed by atoms with Crippen LogP contribution in [0.15, 0.2) is 36.4 Å².